The number of hydrogen-bond donors (Lipinski definition) is 2. The Kier molecular flexibility index (Phi) is 10.0. The summed E-state index contributed by atoms with van der Waals surface area (Å²) in [5, 5.41) is 25.4. The highest BCUT2D eigenvalue weighted by Crippen LogP contribution is 2.64. The minimum Gasteiger partial charge on any atom is -0.504 e. The number of ether oxygens (including phenoxy) is 7. The van der Waals surface area contributed by atoms with E-state index in [0.29, 0.717) is 49.8 Å². The Labute approximate surface area is 343 Å². The Morgan fingerprint density at radius 2 is 1.74 bits per heavy atom. The number of nitrogens with one attached hydrogen (secondary N) is 1. The van der Waals surface area contributed by atoms with Crippen molar-refractivity contribution in [3.05, 3.63) is 62.7 Å². The number of nitriles is 1. The van der Waals surface area contributed by atoms with Crippen LogP contribution in [0.25, 0.3) is 0 Å². The molecular formula is C44H52N4O9S. The quantitative estimate of drug-likeness (QED) is 0.259. The molecule has 14 heteroatoms. The van der Waals surface area contributed by atoms with Crippen LogP contribution in [0.2, 0.25) is 0 Å². The average molecular weight is 813 g/mol. The van der Waals surface area contributed by atoms with E-state index >= 15 is 0 Å². The lowest BCUT2D eigenvalue weighted by molar-refractivity contribution is -0.157. The molecule has 7 heterocycles. The number of nitrogens with zero attached hydrogens (tertiary/aromatic N) is 3. The van der Waals surface area contributed by atoms with Gasteiger partial charge in [-0.25, -0.2) is 4.79 Å². The summed E-state index contributed by atoms with van der Waals surface area (Å²) in [7, 11) is 5.33. The minimum atomic E-state index is -1.27. The third-order valence-electron chi connectivity index (χ3n) is 13.1. The van der Waals surface area contributed by atoms with Gasteiger partial charge in [-0.3, -0.25) is 15.1 Å². The van der Waals surface area contributed by atoms with Crippen molar-refractivity contribution in [2.45, 2.75) is 94.4 Å². The Morgan fingerprint density at radius 3 is 2.47 bits per heavy atom. The number of phenolic OH excluding ortho intramolecular Hbond substituents is 1. The number of carbonyl (C=O) groups is 1. The van der Waals surface area contributed by atoms with Crippen molar-refractivity contribution in [1.82, 2.24) is 15.1 Å². The third-order valence-corrected chi connectivity index (χ3v) is 14.5. The number of aromatic hydroxyl groups is 1. The summed E-state index contributed by atoms with van der Waals surface area (Å²) in [4.78, 5) is 19.6. The summed E-state index contributed by atoms with van der Waals surface area (Å²) in [6.45, 7) is 9.77. The van der Waals surface area contributed by atoms with Crippen molar-refractivity contribution in [1.29, 1.82) is 5.26 Å². The number of carbonyl (C=O) groups excluding carboxylic acids is 1. The smallest absolute Gasteiger partial charge is 0.331 e. The normalized spacial score (nSPS) is 28.1. The highest BCUT2D eigenvalue weighted by Gasteiger charge is 2.62. The molecule has 7 aliphatic rings. The molecule has 0 aromatic heterocycles. The zero-order valence-electron chi connectivity index (χ0n) is 34.2. The Morgan fingerprint density at radius 1 is 0.983 bits per heavy atom. The van der Waals surface area contributed by atoms with Crippen LogP contribution in [0.4, 0.5) is 0 Å². The predicted octanol–water partition coefficient (Wildman–Crippen LogP) is 5.93. The maximum absolute atomic E-state index is 14.9. The van der Waals surface area contributed by atoms with Crippen LogP contribution in [0.1, 0.15) is 88.5 Å². The molecule has 0 amide bonds. The molecule has 2 saturated heterocycles. The van der Waals surface area contributed by atoms with Gasteiger partial charge in [0.15, 0.2) is 40.0 Å². The second-order valence-electron chi connectivity index (χ2n) is 16.2. The second-order valence-corrected chi connectivity index (χ2v) is 17.3. The van der Waals surface area contributed by atoms with Crippen LogP contribution in [0, 0.1) is 25.2 Å². The molecule has 0 radical (unpaired) electrons. The molecule has 1 spiro atoms. The first kappa shape index (κ1) is 38.9. The van der Waals surface area contributed by atoms with Gasteiger partial charge >= 0.3 is 5.97 Å². The summed E-state index contributed by atoms with van der Waals surface area (Å²) in [6.07, 6.45) is 2.86. The van der Waals surface area contributed by atoms with Crippen molar-refractivity contribution in [3.8, 4) is 46.3 Å². The maximum Gasteiger partial charge on any atom is 0.331 e. The first-order valence-corrected chi connectivity index (χ1v) is 21.4. The number of fused-ring (bicyclic) bond motifs is 9. The minimum absolute atomic E-state index is 0.0251. The molecule has 7 aliphatic heterocycles. The van der Waals surface area contributed by atoms with Crippen molar-refractivity contribution < 1.29 is 43.1 Å². The summed E-state index contributed by atoms with van der Waals surface area (Å²) in [5.41, 5.74) is 6.19. The van der Waals surface area contributed by atoms with Crippen LogP contribution < -0.4 is 33.7 Å². The molecular weight excluding hydrogens is 761 g/mol. The molecule has 1 unspecified atom stereocenters. The fourth-order valence-corrected chi connectivity index (χ4v) is 12.3. The van der Waals surface area contributed by atoms with Gasteiger partial charge in [0.1, 0.15) is 18.4 Å². The molecule has 0 aliphatic carbocycles. The molecule has 7 atom stereocenters. The van der Waals surface area contributed by atoms with E-state index in [9.17, 15) is 15.2 Å². The van der Waals surface area contributed by atoms with E-state index in [-0.39, 0.29) is 54.0 Å². The predicted molar refractivity (Wildman–Crippen MR) is 217 cm³/mol. The summed E-state index contributed by atoms with van der Waals surface area (Å²) >= 11 is 1.66. The number of benzene rings is 3. The monoisotopic (exact) mass is 812 g/mol. The maximum atomic E-state index is 14.9. The molecule has 10 rings (SSSR count). The second kappa shape index (κ2) is 14.9. The number of hydrogen-bond acceptors (Lipinski definition) is 14. The summed E-state index contributed by atoms with van der Waals surface area (Å²) < 4.78 is 44.3. The number of methoxy groups -OCH3 is 2. The van der Waals surface area contributed by atoms with E-state index in [1.807, 2.05) is 6.92 Å². The first-order valence-electron chi connectivity index (χ1n) is 20.4. The van der Waals surface area contributed by atoms with Gasteiger partial charge in [0.25, 0.3) is 0 Å². The molecule has 2 N–H and O–H groups in total. The highest BCUT2D eigenvalue weighted by atomic mass is 32.2. The topological polar surface area (TPSA) is 144 Å². The third kappa shape index (κ3) is 5.56. The van der Waals surface area contributed by atoms with Crippen molar-refractivity contribution >= 4 is 17.7 Å². The Bertz CT molecular complexity index is 2210. The van der Waals surface area contributed by atoms with Gasteiger partial charge in [0, 0.05) is 46.6 Å². The van der Waals surface area contributed by atoms with Crippen LogP contribution in [0.3, 0.4) is 0 Å². The molecule has 2 fully saturated rings. The van der Waals surface area contributed by atoms with E-state index in [1.54, 1.807) is 31.0 Å². The van der Waals surface area contributed by atoms with Crippen LogP contribution in [0.15, 0.2) is 18.2 Å². The van der Waals surface area contributed by atoms with Crippen LogP contribution >= 0.6 is 11.8 Å². The lowest BCUT2D eigenvalue weighted by Gasteiger charge is -2.62. The van der Waals surface area contributed by atoms with Crippen molar-refractivity contribution in [2.75, 3.05) is 60.2 Å². The van der Waals surface area contributed by atoms with Crippen molar-refractivity contribution in [3.63, 3.8) is 0 Å². The molecule has 4 bridgehead atoms. The van der Waals surface area contributed by atoms with Gasteiger partial charge in [0.2, 0.25) is 6.79 Å². The standard InChI is InChI=1S/C44H52N4O9S/c1-8-12-53-38-23(4)39-41(57-21-56-39)33-29-19-55-43(50)44(26-17-31(51-6)30(49)16-24(26)10-11-46-44)20-58-42(34(33)38)36-35-32-25(15-27(47(35)5)28(18-45)48(29)36)14-22(3)37(52-7)40(32)54-13-9-2/h14,16-17,27-29,35-36,42,46,49H,8-13,15,19-21H2,1-7H3/t27-,28-,29-,35+,36?,42+,44+/m0/s1. The van der Waals surface area contributed by atoms with E-state index in [4.69, 9.17) is 33.2 Å². The zero-order chi connectivity index (χ0) is 40.6. The lowest BCUT2D eigenvalue weighted by Crippen LogP contribution is -2.69. The van der Waals surface area contributed by atoms with E-state index in [1.165, 1.54) is 7.11 Å². The fourth-order valence-electron chi connectivity index (χ4n) is 10.6. The average Bonchev–Trinajstić information content (AvgIpc) is 3.71. The van der Waals surface area contributed by atoms with E-state index in [2.05, 4.69) is 55.1 Å². The molecule has 58 heavy (non-hydrogen) atoms. The van der Waals surface area contributed by atoms with Gasteiger partial charge in [0.05, 0.1) is 50.8 Å². The van der Waals surface area contributed by atoms with Gasteiger partial charge in [-0.2, -0.15) is 5.26 Å². The summed E-state index contributed by atoms with van der Waals surface area (Å²) in [5.74, 6) is 3.59. The van der Waals surface area contributed by atoms with E-state index < -0.39 is 23.6 Å². The van der Waals surface area contributed by atoms with E-state index in [0.717, 1.165) is 68.8 Å². The molecule has 13 nitrogen and oxygen atoms in total. The first-order chi connectivity index (χ1) is 28.1. The van der Waals surface area contributed by atoms with Crippen molar-refractivity contribution in [2.24, 2.45) is 0 Å². The van der Waals surface area contributed by atoms with Crippen LogP contribution in [0.5, 0.6) is 40.2 Å². The molecule has 3 aromatic rings. The number of rotatable bonds is 8. The molecule has 308 valence electrons. The summed E-state index contributed by atoms with van der Waals surface area (Å²) in [6, 6.07) is 6.51. The molecule has 3 aromatic carbocycles. The number of esters is 1. The number of aryl methyl sites for hydroxylation is 1. The number of likely N-dealkylation sites (N-methyl/N-ethyl adjacent to an activating group) is 1. The van der Waals surface area contributed by atoms with Gasteiger partial charge in [-0.05, 0) is 81.0 Å². The number of piperazine rings is 1. The van der Waals surface area contributed by atoms with Crippen LogP contribution in [-0.4, -0.2) is 99.2 Å². The number of phenols is 1. The van der Waals surface area contributed by atoms with Crippen LogP contribution in [-0.2, 0) is 27.9 Å². The lowest BCUT2D eigenvalue weighted by atomic mass is 9.71. The molecule has 0 saturated carbocycles. The highest BCUT2D eigenvalue weighted by molar-refractivity contribution is 7.99. The SMILES string of the molecule is CCCOc1c(C)c2c(c3c1[C@H]1SC[C@]4(NCCc5cc(O)c(OC)cc54)C(=O)OC[C@@H]3N3C1[C@H]1c4c(cc(C)c(OC)c4OCCC)C[C@@H]([C@@H]3C#N)N1C)OCO2. The van der Waals surface area contributed by atoms with Gasteiger partial charge < -0.3 is 38.3 Å². The zero-order valence-corrected chi connectivity index (χ0v) is 35.0. The number of thioether (sulfide) groups is 1. The largest absolute Gasteiger partial charge is 0.504 e. The van der Waals surface area contributed by atoms with Gasteiger partial charge in [-0.15, -0.1) is 11.8 Å². The van der Waals surface area contributed by atoms with Gasteiger partial charge in [-0.1, -0.05) is 19.9 Å². The Hall–Kier alpha value is -4.55. The fraction of sp³-hybridized carbons (Fsp3) is 0.545. The Balaban J connectivity index is 1.33.